The molecule has 9 heteroatoms. The Labute approximate surface area is 182 Å². The molecule has 1 aromatic heterocycles. The summed E-state index contributed by atoms with van der Waals surface area (Å²) >= 11 is 0. The van der Waals surface area contributed by atoms with Gasteiger partial charge in [-0.15, -0.1) is 0 Å². The van der Waals surface area contributed by atoms with E-state index in [-0.39, 0.29) is 23.3 Å². The maximum Gasteiger partial charge on any atom is 0.243 e. The molecule has 2 aromatic rings. The summed E-state index contributed by atoms with van der Waals surface area (Å²) in [7, 11) is -3.53. The van der Waals surface area contributed by atoms with Crippen LogP contribution in [0.25, 0.3) is 0 Å². The van der Waals surface area contributed by atoms with E-state index >= 15 is 0 Å². The van der Waals surface area contributed by atoms with Crippen LogP contribution in [0, 0.1) is 0 Å². The van der Waals surface area contributed by atoms with Crippen LogP contribution in [-0.4, -0.2) is 49.2 Å². The average Bonchev–Trinajstić information content (AvgIpc) is 3.28. The molecule has 31 heavy (non-hydrogen) atoms. The highest BCUT2D eigenvalue weighted by molar-refractivity contribution is 7.89. The third-order valence-electron chi connectivity index (χ3n) is 5.70. The van der Waals surface area contributed by atoms with Crippen molar-refractivity contribution in [3.8, 4) is 0 Å². The number of benzene rings is 1. The lowest BCUT2D eigenvalue weighted by Crippen LogP contribution is -2.40. The van der Waals surface area contributed by atoms with Gasteiger partial charge in [0.25, 0.3) is 0 Å². The van der Waals surface area contributed by atoms with E-state index in [2.05, 4.69) is 10.3 Å². The molecule has 0 saturated carbocycles. The maximum absolute atomic E-state index is 12.9. The molecule has 3 heterocycles. The van der Waals surface area contributed by atoms with Crippen LogP contribution in [0.5, 0.6) is 0 Å². The molecule has 1 saturated heterocycles. The van der Waals surface area contributed by atoms with Crippen molar-refractivity contribution in [3.05, 3.63) is 53.9 Å². The van der Waals surface area contributed by atoms with E-state index in [0.29, 0.717) is 44.6 Å². The van der Waals surface area contributed by atoms with E-state index in [1.807, 2.05) is 6.07 Å². The van der Waals surface area contributed by atoms with Crippen molar-refractivity contribution in [2.24, 2.45) is 0 Å². The molecule has 4 rings (SSSR count). The predicted molar refractivity (Wildman–Crippen MR) is 116 cm³/mol. The number of fused-ring (bicyclic) bond motifs is 1. The molecule has 0 aliphatic carbocycles. The molecule has 8 nitrogen and oxygen atoms in total. The van der Waals surface area contributed by atoms with Crippen LogP contribution < -0.4 is 10.2 Å². The smallest absolute Gasteiger partial charge is 0.243 e. The largest absolute Gasteiger partial charge is 0.350 e. The van der Waals surface area contributed by atoms with Gasteiger partial charge in [0.15, 0.2) is 0 Å². The fourth-order valence-corrected chi connectivity index (χ4v) is 5.61. The van der Waals surface area contributed by atoms with Gasteiger partial charge in [-0.05, 0) is 61.1 Å². The number of nitrogens with one attached hydrogen (secondary N) is 1. The number of amides is 2. The van der Waals surface area contributed by atoms with E-state index in [1.54, 1.807) is 36.7 Å². The third kappa shape index (κ3) is 4.77. The lowest BCUT2D eigenvalue weighted by Gasteiger charge is -2.23. The number of aryl methyl sites for hydroxylation is 1. The van der Waals surface area contributed by atoms with Crippen LogP contribution in [-0.2, 0) is 32.6 Å². The number of carbonyl (C=O) groups is 2. The van der Waals surface area contributed by atoms with E-state index in [1.165, 1.54) is 9.21 Å². The summed E-state index contributed by atoms with van der Waals surface area (Å²) in [4.78, 5) is 31.0. The molecule has 2 amide bonds. The molecule has 164 valence electrons. The number of hydrogen-bond acceptors (Lipinski definition) is 5. The van der Waals surface area contributed by atoms with Crippen molar-refractivity contribution >= 4 is 27.5 Å². The minimum absolute atomic E-state index is 0.107. The molecule has 1 N–H and O–H groups in total. The second kappa shape index (κ2) is 9.15. The Morgan fingerprint density at radius 2 is 1.90 bits per heavy atom. The van der Waals surface area contributed by atoms with Crippen LogP contribution in [0.2, 0.25) is 0 Å². The van der Waals surface area contributed by atoms with Crippen LogP contribution >= 0.6 is 0 Å². The quantitative estimate of drug-likeness (QED) is 0.736. The van der Waals surface area contributed by atoms with Gasteiger partial charge in [0.2, 0.25) is 21.8 Å². The second-order valence-corrected chi connectivity index (χ2v) is 9.81. The number of pyridine rings is 1. The van der Waals surface area contributed by atoms with Gasteiger partial charge in [-0.25, -0.2) is 8.42 Å². The van der Waals surface area contributed by atoms with Crippen LogP contribution in [0.15, 0.2) is 47.6 Å². The van der Waals surface area contributed by atoms with Crippen molar-refractivity contribution in [2.75, 3.05) is 24.5 Å². The highest BCUT2D eigenvalue weighted by atomic mass is 32.2. The van der Waals surface area contributed by atoms with Gasteiger partial charge in [-0.2, -0.15) is 4.31 Å². The van der Waals surface area contributed by atoms with Gasteiger partial charge < -0.3 is 10.2 Å². The van der Waals surface area contributed by atoms with E-state index < -0.39 is 10.0 Å². The Morgan fingerprint density at radius 3 is 2.65 bits per heavy atom. The lowest BCUT2D eigenvalue weighted by molar-refractivity contribution is -0.123. The highest BCUT2D eigenvalue weighted by Gasteiger charge is 2.30. The molecular formula is C22H26N4O4S. The fraction of sp³-hybridized carbons (Fsp3) is 0.409. The lowest BCUT2D eigenvalue weighted by atomic mass is 10.1. The summed E-state index contributed by atoms with van der Waals surface area (Å²) in [5, 5.41) is 2.82. The van der Waals surface area contributed by atoms with Gasteiger partial charge in [0.05, 0.1) is 4.90 Å². The van der Waals surface area contributed by atoms with Gasteiger partial charge >= 0.3 is 0 Å². The Hall–Kier alpha value is -2.78. The molecule has 0 bridgehead atoms. The van der Waals surface area contributed by atoms with E-state index in [4.69, 9.17) is 0 Å². The Balaban J connectivity index is 1.53. The zero-order chi connectivity index (χ0) is 21.8. The number of hydrogen-bond donors (Lipinski definition) is 1. The molecule has 2 aliphatic rings. The number of anilines is 1. The molecule has 0 radical (unpaired) electrons. The van der Waals surface area contributed by atoms with E-state index in [9.17, 15) is 18.0 Å². The number of carbonyl (C=O) groups excluding carboxylic acids is 2. The van der Waals surface area contributed by atoms with E-state index in [0.717, 1.165) is 24.0 Å². The summed E-state index contributed by atoms with van der Waals surface area (Å²) in [6, 6.07) is 8.54. The molecule has 2 aliphatic heterocycles. The Bertz CT molecular complexity index is 1070. The summed E-state index contributed by atoms with van der Waals surface area (Å²) in [6.45, 7) is 1.31. The average molecular weight is 443 g/mol. The molecular weight excluding hydrogens is 416 g/mol. The van der Waals surface area contributed by atoms with Crippen LogP contribution in [0.1, 0.15) is 36.8 Å². The Morgan fingerprint density at radius 1 is 1.10 bits per heavy atom. The summed E-state index contributed by atoms with van der Waals surface area (Å²) < 4.78 is 27.4. The first-order chi connectivity index (χ1) is 14.9. The zero-order valence-corrected chi connectivity index (χ0v) is 18.1. The Kier molecular flexibility index (Phi) is 6.33. The molecule has 0 atom stereocenters. The molecule has 0 unspecified atom stereocenters. The number of aromatic nitrogens is 1. The normalized spacial score (nSPS) is 17.3. The standard InChI is InChI=1S/C22H26N4O4S/c27-21(24-15-17-5-4-10-23-14-17)16-26-20-9-8-19(13-18(20)6-3-7-22(26)28)31(29,30)25-11-1-2-12-25/h4-5,8-10,13-14H,1-3,6-7,11-12,15-16H2,(H,24,27). The first-order valence-corrected chi connectivity index (χ1v) is 12.0. The van der Waals surface area contributed by atoms with Gasteiger partial charge in [0, 0.05) is 44.1 Å². The van der Waals surface area contributed by atoms with Gasteiger partial charge in [-0.1, -0.05) is 6.07 Å². The van der Waals surface area contributed by atoms with Crippen molar-refractivity contribution in [2.45, 2.75) is 43.5 Å². The predicted octanol–water partition coefficient (Wildman–Crippen LogP) is 1.85. The van der Waals surface area contributed by atoms with Crippen LogP contribution in [0.4, 0.5) is 5.69 Å². The van der Waals surface area contributed by atoms with Crippen LogP contribution in [0.3, 0.4) is 0 Å². The first kappa shape index (κ1) is 21.5. The topological polar surface area (TPSA) is 99.7 Å². The molecule has 0 spiro atoms. The number of rotatable bonds is 6. The summed E-state index contributed by atoms with van der Waals surface area (Å²) in [5.41, 5.74) is 2.26. The van der Waals surface area contributed by atoms with Gasteiger partial charge in [-0.3, -0.25) is 14.6 Å². The van der Waals surface area contributed by atoms with Crippen molar-refractivity contribution in [1.29, 1.82) is 0 Å². The van der Waals surface area contributed by atoms with Crippen molar-refractivity contribution < 1.29 is 18.0 Å². The first-order valence-electron chi connectivity index (χ1n) is 10.5. The SMILES string of the molecule is O=C(CN1C(=O)CCCc2cc(S(=O)(=O)N3CCCC3)ccc21)NCc1cccnc1. The highest BCUT2D eigenvalue weighted by Crippen LogP contribution is 2.31. The number of sulfonamides is 1. The van der Waals surface area contributed by atoms with Gasteiger partial charge in [0.1, 0.15) is 6.54 Å². The molecule has 1 fully saturated rings. The fourth-order valence-electron chi connectivity index (χ4n) is 4.04. The minimum Gasteiger partial charge on any atom is -0.350 e. The third-order valence-corrected chi connectivity index (χ3v) is 7.59. The summed E-state index contributed by atoms with van der Waals surface area (Å²) in [6.07, 6.45) is 6.62. The molecule has 1 aromatic carbocycles. The number of nitrogens with zero attached hydrogens (tertiary/aromatic N) is 3. The monoisotopic (exact) mass is 442 g/mol. The second-order valence-electron chi connectivity index (χ2n) is 7.87. The maximum atomic E-state index is 12.9. The minimum atomic E-state index is -3.53. The zero-order valence-electron chi connectivity index (χ0n) is 17.3. The summed E-state index contributed by atoms with van der Waals surface area (Å²) in [5.74, 6) is -0.413. The van der Waals surface area contributed by atoms with Crippen molar-refractivity contribution in [1.82, 2.24) is 14.6 Å². The van der Waals surface area contributed by atoms with Crippen molar-refractivity contribution in [3.63, 3.8) is 0 Å².